The number of nitro groups is 1. The van der Waals surface area contributed by atoms with Crippen LogP contribution in [-0.2, 0) is 4.74 Å². The summed E-state index contributed by atoms with van der Waals surface area (Å²) >= 11 is 0. The molecule has 0 atom stereocenters. The Labute approximate surface area is 159 Å². The quantitative estimate of drug-likeness (QED) is 0.588. The highest BCUT2D eigenvalue weighted by Crippen LogP contribution is 2.23. The van der Waals surface area contributed by atoms with Gasteiger partial charge in [0, 0.05) is 52.5 Å². The van der Waals surface area contributed by atoms with Crippen LogP contribution in [0.4, 0.5) is 16.3 Å². The molecule has 0 aromatic carbocycles. The van der Waals surface area contributed by atoms with E-state index < -0.39 is 10.5 Å². The molecule has 1 aliphatic rings. The summed E-state index contributed by atoms with van der Waals surface area (Å²) < 4.78 is 5.40. The maximum absolute atomic E-state index is 12.2. The fraction of sp³-hybridized carbons (Fsp3) is 0.556. The van der Waals surface area contributed by atoms with Crippen molar-refractivity contribution in [2.45, 2.75) is 26.4 Å². The van der Waals surface area contributed by atoms with Crippen LogP contribution in [0.1, 0.15) is 26.5 Å². The molecule has 148 valence electrons. The van der Waals surface area contributed by atoms with Crippen molar-refractivity contribution >= 4 is 23.7 Å². The Morgan fingerprint density at radius 3 is 2.41 bits per heavy atom. The number of anilines is 1. The van der Waals surface area contributed by atoms with E-state index in [4.69, 9.17) is 4.74 Å². The fourth-order valence-corrected chi connectivity index (χ4v) is 2.57. The smallest absolute Gasteiger partial charge is 0.410 e. The maximum Gasteiger partial charge on any atom is 0.410 e. The molecule has 9 nitrogen and oxygen atoms in total. The molecule has 0 saturated carbocycles. The van der Waals surface area contributed by atoms with Gasteiger partial charge in [0.1, 0.15) is 17.1 Å². The number of ether oxygens (including phenoxy) is 1. The zero-order valence-corrected chi connectivity index (χ0v) is 16.5. The second-order valence-electron chi connectivity index (χ2n) is 7.56. The molecule has 1 amide bonds. The van der Waals surface area contributed by atoms with Crippen LogP contribution < -0.4 is 4.90 Å². The van der Waals surface area contributed by atoms with E-state index in [1.807, 2.05) is 39.8 Å². The number of nitrogens with zero attached hydrogens (tertiary/aromatic N) is 5. The zero-order valence-electron chi connectivity index (χ0n) is 16.5. The average molecular weight is 377 g/mol. The van der Waals surface area contributed by atoms with E-state index in [2.05, 4.69) is 4.98 Å². The van der Waals surface area contributed by atoms with E-state index in [0.29, 0.717) is 37.7 Å². The van der Waals surface area contributed by atoms with Crippen LogP contribution in [0, 0.1) is 10.1 Å². The molecule has 0 N–H and O–H groups in total. The van der Waals surface area contributed by atoms with Gasteiger partial charge in [-0.15, -0.1) is 0 Å². The van der Waals surface area contributed by atoms with Gasteiger partial charge < -0.3 is 19.4 Å². The molecule has 2 heterocycles. The molecule has 1 saturated heterocycles. The van der Waals surface area contributed by atoms with E-state index in [0.717, 1.165) is 0 Å². The molecular weight excluding hydrogens is 350 g/mol. The molecule has 0 bridgehead atoms. The van der Waals surface area contributed by atoms with Crippen LogP contribution in [0.25, 0.3) is 6.08 Å². The van der Waals surface area contributed by atoms with Gasteiger partial charge in [-0.25, -0.2) is 9.78 Å². The molecule has 0 radical (unpaired) electrons. The molecule has 1 fully saturated rings. The minimum Gasteiger partial charge on any atom is -0.444 e. The number of hydrogen-bond acceptors (Lipinski definition) is 7. The molecule has 1 aromatic heterocycles. The lowest BCUT2D eigenvalue weighted by molar-refractivity contribution is -0.385. The number of pyridine rings is 1. The second-order valence-corrected chi connectivity index (χ2v) is 7.56. The predicted molar refractivity (Wildman–Crippen MR) is 104 cm³/mol. The molecular formula is C18H27N5O4. The minimum atomic E-state index is -0.526. The summed E-state index contributed by atoms with van der Waals surface area (Å²) in [5.74, 6) is 0.655. The Balaban J connectivity index is 2.10. The Morgan fingerprint density at radius 2 is 1.89 bits per heavy atom. The summed E-state index contributed by atoms with van der Waals surface area (Å²) in [6.45, 7) is 7.70. The average Bonchev–Trinajstić information content (AvgIpc) is 2.58. The van der Waals surface area contributed by atoms with E-state index in [1.165, 1.54) is 6.07 Å². The largest absolute Gasteiger partial charge is 0.444 e. The first kappa shape index (κ1) is 20.5. The van der Waals surface area contributed by atoms with Crippen LogP contribution in [0.5, 0.6) is 0 Å². The lowest BCUT2D eigenvalue weighted by atomic mass is 10.2. The van der Waals surface area contributed by atoms with Crippen molar-refractivity contribution in [3.8, 4) is 0 Å². The number of piperazine rings is 1. The van der Waals surface area contributed by atoms with Gasteiger partial charge in [-0.05, 0) is 32.9 Å². The lowest BCUT2D eigenvalue weighted by Gasteiger charge is -2.36. The van der Waals surface area contributed by atoms with Crippen LogP contribution in [0.2, 0.25) is 0 Å². The summed E-state index contributed by atoms with van der Waals surface area (Å²) in [5, 5.41) is 11.2. The van der Waals surface area contributed by atoms with Crippen LogP contribution in [-0.4, -0.2) is 71.7 Å². The highest BCUT2D eigenvalue weighted by atomic mass is 16.6. The Bertz CT molecular complexity index is 719. The summed E-state index contributed by atoms with van der Waals surface area (Å²) in [4.78, 5) is 32.9. The molecule has 2 rings (SSSR count). The van der Waals surface area contributed by atoms with Gasteiger partial charge in [-0.3, -0.25) is 10.1 Å². The lowest BCUT2D eigenvalue weighted by Crippen LogP contribution is -2.50. The summed E-state index contributed by atoms with van der Waals surface area (Å²) in [5.41, 5.74) is -0.257. The van der Waals surface area contributed by atoms with E-state index in [9.17, 15) is 14.9 Å². The van der Waals surface area contributed by atoms with Crippen molar-refractivity contribution in [3.05, 3.63) is 34.1 Å². The van der Waals surface area contributed by atoms with Gasteiger partial charge in [-0.1, -0.05) is 0 Å². The van der Waals surface area contributed by atoms with Crippen molar-refractivity contribution in [2.24, 2.45) is 0 Å². The van der Waals surface area contributed by atoms with Gasteiger partial charge >= 0.3 is 6.09 Å². The highest BCUT2D eigenvalue weighted by molar-refractivity contribution is 5.68. The SMILES string of the molecule is CN(C)/C=C/c1nc(N2CCN(C(=O)OC(C)(C)C)CC2)ccc1[N+](=O)[O-]. The summed E-state index contributed by atoms with van der Waals surface area (Å²) in [6, 6.07) is 3.12. The van der Waals surface area contributed by atoms with Gasteiger partial charge in [-0.2, -0.15) is 0 Å². The molecule has 27 heavy (non-hydrogen) atoms. The van der Waals surface area contributed by atoms with Gasteiger partial charge in [0.25, 0.3) is 5.69 Å². The molecule has 1 aliphatic heterocycles. The van der Waals surface area contributed by atoms with E-state index >= 15 is 0 Å². The van der Waals surface area contributed by atoms with E-state index in [1.54, 1.807) is 28.1 Å². The molecule has 1 aromatic rings. The van der Waals surface area contributed by atoms with Crippen LogP contribution in [0.15, 0.2) is 18.3 Å². The van der Waals surface area contributed by atoms with Gasteiger partial charge in [0.2, 0.25) is 0 Å². The second kappa shape index (κ2) is 8.24. The number of rotatable bonds is 4. The summed E-state index contributed by atoms with van der Waals surface area (Å²) in [7, 11) is 3.67. The third-order valence-corrected chi connectivity index (χ3v) is 3.87. The standard InChI is InChI=1S/C18H27N5O4/c1-18(2,3)27-17(24)22-12-10-21(11-13-22)16-7-6-15(23(25)26)14(19-16)8-9-20(4)5/h6-9H,10-13H2,1-5H3/b9-8+. The number of aromatic nitrogens is 1. The first-order chi connectivity index (χ1) is 12.6. The van der Waals surface area contributed by atoms with Gasteiger partial charge in [0.15, 0.2) is 0 Å². The normalized spacial score (nSPS) is 15.1. The third kappa shape index (κ3) is 5.83. The molecule has 9 heteroatoms. The predicted octanol–water partition coefficient (Wildman–Crippen LogP) is 2.58. The first-order valence-electron chi connectivity index (χ1n) is 8.80. The Hall–Kier alpha value is -2.84. The minimum absolute atomic E-state index is 0.0377. The molecule has 0 unspecified atom stereocenters. The van der Waals surface area contributed by atoms with Crippen LogP contribution >= 0.6 is 0 Å². The number of carbonyl (C=O) groups excluding carboxylic acids is 1. The van der Waals surface area contributed by atoms with Crippen molar-refractivity contribution in [3.63, 3.8) is 0 Å². The van der Waals surface area contributed by atoms with Crippen LogP contribution in [0.3, 0.4) is 0 Å². The van der Waals surface area contributed by atoms with Gasteiger partial charge in [0.05, 0.1) is 4.92 Å². The number of hydrogen-bond donors (Lipinski definition) is 0. The zero-order chi connectivity index (χ0) is 20.2. The van der Waals surface area contributed by atoms with Crippen molar-refractivity contribution in [2.75, 3.05) is 45.2 Å². The monoisotopic (exact) mass is 377 g/mol. The topological polar surface area (TPSA) is 92.1 Å². The van der Waals surface area contributed by atoms with Crippen molar-refractivity contribution < 1.29 is 14.5 Å². The van der Waals surface area contributed by atoms with E-state index in [-0.39, 0.29) is 11.8 Å². The highest BCUT2D eigenvalue weighted by Gasteiger charge is 2.27. The Morgan fingerprint density at radius 1 is 1.26 bits per heavy atom. The molecule has 0 spiro atoms. The molecule has 0 aliphatic carbocycles. The third-order valence-electron chi connectivity index (χ3n) is 3.87. The fourth-order valence-electron chi connectivity index (χ4n) is 2.57. The van der Waals surface area contributed by atoms with Crippen molar-refractivity contribution in [1.82, 2.24) is 14.8 Å². The summed E-state index contributed by atoms with van der Waals surface area (Å²) in [6.07, 6.45) is 3.02. The first-order valence-corrected chi connectivity index (χ1v) is 8.80. The van der Waals surface area contributed by atoms with Crippen molar-refractivity contribution in [1.29, 1.82) is 0 Å². The number of amides is 1. The number of carbonyl (C=O) groups is 1. The maximum atomic E-state index is 12.2. The Kier molecular flexibility index (Phi) is 6.24.